The maximum absolute atomic E-state index is 12.8. The van der Waals surface area contributed by atoms with Crippen LogP contribution in [0, 0.1) is 10.1 Å². The van der Waals surface area contributed by atoms with Crippen molar-refractivity contribution in [2.45, 2.75) is 35.5 Å². The van der Waals surface area contributed by atoms with Gasteiger partial charge in [0.1, 0.15) is 16.5 Å². The highest BCUT2D eigenvalue weighted by Gasteiger charge is 2.24. The van der Waals surface area contributed by atoms with Crippen LogP contribution in [0.15, 0.2) is 57.2 Å². The number of sulfonamides is 2. The van der Waals surface area contributed by atoms with E-state index in [1.165, 1.54) is 37.4 Å². The fraction of sp³-hybridized carbons (Fsp3) is 0.316. The van der Waals surface area contributed by atoms with Crippen molar-refractivity contribution in [1.29, 1.82) is 0 Å². The van der Waals surface area contributed by atoms with Gasteiger partial charge in [-0.2, -0.15) is 0 Å². The molecule has 0 aromatic heterocycles. The quantitative estimate of drug-likeness (QED) is 0.453. The number of anilines is 1. The second-order valence-electron chi connectivity index (χ2n) is 6.97. The Morgan fingerprint density at radius 1 is 0.969 bits per heavy atom. The molecule has 0 amide bonds. The van der Waals surface area contributed by atoms with Gasteiger partial charge in [0.15, 0.2) is 0 Å². The lowest BCUT2D eigenvalue weighted by Crippen LogP contribution is -2.30. The molecule has 0 radical (unpaired) electrons. The first kappa shape index (κ1) is 23.5. The summed E-state index contributed by atoms with van der Waals surface area (Å²) < 4.78 is 60.5. The first-order chi connectivity index (χ1) is 15.1. The summed E-state index contributed by atoms with van der Waals surface area (Å²) in [6.07, 6.45) is 3.29. The minimum atomic E-state index is -4.25. The molecule has 2 aromatic rings. The van der Waals surface area contributed by atoms with E-state index in [9.17, 15) is 26.9 Å². The van der Waals surface area contributed by atoms with E-state index in [0.29, 0.717) is 18.8 Å². The number of hydrogen-bond acceptors (Lipinski definition) is 8. The zero-order valence-electron chi connectivity index (χ0n) is 17.1. The van der Waals surface area contributed by atoms with Gasteiger partial charge in [-0.25, -0.2) is 16.8 Å². The number of nitrogens with one attached hydrogen (secondary N) is 2. The monoisotopic (exact) mass is 482 g/mol. The molecular formula is C19H22N4O7S2. The second-order valence-corrected chi connectivity index (χ2v) is 10.3. The number of rotatable bonds is 7. The number of hydrogen-bond donors (Lipinski definition) is 2. The van der Waals surface area contributed by atoms with Gasteiger partial charge in [-0.1, -0.05) is 6.42 Å². The predicted octanol–water partition coefficient (Wildman–Crippen LogP) is 2.66. The van der Waals surface area contributed by atoms with E-state index in [0.717, 1.165) is 31.4 Å². The van der Waals surface area contributed by atoms with Gasteiger partial charge in [0.25, 0.3) is 25.7 Å². The van der Waals surface area contributed by atoms with Crippen LogP contribution in [0.1, 0.15) is 25.7 Å². The molecule has 11 nitrogen and oxygen atoms in total. The summed E-state index contributed by atoms with van der Waals surface area (Å²) in [6.45, 7) is 0.569. The maximum atomic E-state index is 12.8. The van der Waals surface area contributed by atoms with E-state index in [4.69, 9.17) is 4.74 Å². The number of amidine groups is 1. The van der Waals surface area contributed by atoms with Gasteiger partial charge in [-0.05, 0) is 43.2 Å². The molecule has 2 aromatic carbocycles. The molecular weight excluding hydrogens is 460 g/mol. The fourth-order valence-electron chi connectivity index (χ4n) is 3.07. The zero-order valence-corrected chi connectivity index (χ0v) is 18.8. The number of nitrogens with zero attached hydrogens (tertiary/aromatic N) is 2. The molecule has 172 valence electrons. The molecule has 13 heteroatoms. The summed E-state index contributed by atoms with van der Waals surface area (Å²) in [5, 5.41) is 11.0. The standard InChI is InChI=1S/C19H22N4O7S2/c1-30-17-11-8-15(23(24)25)13-18(17)32(28,29)21-14-6-9-16(10-7-14)31(26,27)22-19-5-3-2-4-12-20-19/h6-11,13,21H,2-5,12H2,1H3,(H,20,22). The van der Waals surface area contributed by atoms with E-state index >= 15 is 0 Å². The lowest BCUT2D eigenvalue weighted by Gasteiger charge is -2.13. The van der Waals surface area contributed by atoms with E-state index in [2.05, 4.69) is 14.4 Å². The molecule has 0 bridgehead atoms. The normalized spacial score (nSPS) is 14.7. The van der Waals surface area contributed by atoms with Gasteiger partial charge >= 0.3 is 0 Å². The van der Waals surface area contributed by atoms with E-state index in [-0.39, 0.29) is 16.3 Å². The number of benzene rings is 2. The molecule has 0 unspecified atom stereocenters. The van der Waals surface area contributed by atoms with Crippen LogP contribution in [0.5, 0.6) is 5.75 Å². The smallest absolute Gasteiger partial charge is 0.271 e. The average molecular weight is 483 g/mol. The van der Waals surface area contributed by atoms with Crippen molar-refractivity contribution in [2.24, 2.45) is 4.99 Å². The zero-order chi connectivity index (χ0) is 23.4. The largest absolute Gasteiger partial charge is 0.495 e. The summed E-state index contributed by atoms with van der Waals surface area (Å²) in [5.41, 5.74) is -0.343. The first-order valence-electron chi connectivity index (χ1n) is 9.64. The summed E-state index contributed by atoms with van der Waals surface area (Å²) in [5.74, 6) is 0.334. The Labute approximate surface area is 185 Å². The molecule has 1 heterocycles. The Bertz CT molecular complexity index is 1240. The van der Waals surface area contributed by atoms with Gasteiger partial charge in [-0.3, -0.25) is 24.6 Å². The molecule has 0 atom stereocenters. The van der Waals surface area contributed by atoms with Crippen LogP contribution in [0.3, 0.4) is 0 Å². The van der Waals surface area contributed by atoms with Crippen LogP contribution in [-0.4, -0.2) is 41.2 Å². The SMILES string of the molecule is COc1ccc([N+](=O)[O-])cc1S(=O)(=O)Nc1ccc(S(=O)(=O)NC2=NCCCCC2)cc1. The lowest BCUT2D eigenvalue weighted by molar-refractivity contribution is -0.385. The highest BCUT2D eigenvalue weighted by atomic mass is 32.2. The molecule has 32 heavy (non-hydrogen) atoms. The van der Waals surface area contributed by atoms with Crippen molar-refractivity contribution < 1.29 is 26.5 Å². The van der Waals surface area contributed by atoms with Crippen LogP contribution in [0.4, 0.5) is 11.4 Å². The highest BCUT2D eigenvalue weighted by molar-refractivity contribution is 7.92. The van der Waals surface area contributed by atoms with Gasteiger partial charge < -0.3 is 4.74 Å². The molecule has 0 saturated heterocycles. The second kappa shape index (κ2) is 9.53. The fourth-order valence-corrected chi connectivity index (χ4v) is 5.41. The molecule has 0 fully saturated rings. The van der Waals surface area contributed by atoms with Gasteiger partial charge in [0.05, 0.1) is 16.9 Å². The van der Waals surface area contributed by atoms with Crippen molar-refractivity contribution in [1.82, 2.24) is 4.72 Å². The van der Waals surface area contributed by atoms with Gasteiger partial charge in [0.2, 0.25) is 0 Å². The number of aliphatic imine (C=N–C) groups is 1. The molecule has 0 spiro atoms. The predicted molar refractivity (Wildman–Crippen MR) is 118 cm³/mol. The minimum Gasteiger partial charge on any atom is -0.495 e. The first-order valence-corrected chi connectivity index (χ1v) is 12.6. The molecule has 0 aliphatic carbocycles. The topological polar surface area (TPSA) is 157 Å². The van der Waals surface area contributed by atoms with Crippen molar-refractivity contribution in [3.8, 4) is 5.75 Å². The third-order valence-electron chi connectivity index (χ3n) is 4.69. The summed E-state index contributed by atoms with van der Waals surface area (Å²) in [4.78, 5) is 14.1. The number of ether oxygens (including phenoxy) is 1. The Balaban J connectivity index is 1.81. The highest BCUT2D eigenvalue weighted by Crippen LogP contribution is 2.30. The number of non-ortho nitro benzene ring substituents is 1. The number of nitro groups is 1. The Morgan fingerprint density at radius 2 is 1.69 bits per heavy atom. The summed E-state index contributed by atoms with van der Waals surface area (Å²) in [6, 6.07) is 8.27. The van der Waals surface area contributed by atoms with Crippen LogP contribution in [-0.2, 0) is 20.0 Å². The Hall–Kier alpha value is -3.19. The lowest BCUT2D eigenvalue weighted by atomic mass is 10.2. The average Bonchev–Trinajstić information content (AvgIpc) is 3.01. The van der Waals surface area contributed by atoms with Crippen LogP contribution in [0.25, 0.3) is 0 Å². The van der Waals surface area contributed by atoms with Crippen LogP contribution < -0.4 is 14.2 Å². The van der Waals surface area contributed by atoms with Gasteiger partial charge in [-0.15, -0.1) is 0 Å². The molecule has 1 aliphatic rings. The third-order valence-corrected chi connectivity index (χ3v) is 7.49. The van der Waals surface area contributed by atoms with Crippen molar-refractivity contribution in [2.75, 3.05) is 18.4 Å². The van der Waals surface area contributed by atoms with E-state index in [1.807, 2.05) is 0 Å². The molecule has 3 rings (SSSR count). The number of nitro benzene ring substituents is 1. The van der Waals surface area contributed by atoms with Crippen LogP contribution in [0.2, 0.25) is 0 Å². The van der Waals surface area contributed by atoms with Crippen LogP contribution >= 0.6 is 0 Å². The van der Waals surface area contributed by atoms with Crippen molar-refractivity contribution in [3.63, 3.8) is 0 Å². The summed E-state index contributed by atoms with van der Waals surface area (Å²) >= 11 is 0. The molecule has 0 saturated carbocycles. The van der Waals surface area contributed by atoms with Crippen molar-refractivity contribution >= 4 is 37.3 Å². The van der Waals surface area contributed by atoms with E-state index < -0.39 is 35.6 Å². The Morgan fingerprint density at radius 3 is 2.34 bits per heavy atom. The summed E-state index contributed by atoms with van der Waals surface area (Å²) in [7, 11) is -6.88. The molecule has 1 aliphatic heterocycles. The van der Waals surface area contributed by atoms with Crippen molar-refractivity contribution in [3.05, 3.63) is 52.6 Å². The number of methoxy groups -OCH3 is 1. The maximum Gasteiger partial charge on any atom is 0.271 e. The minimum absolute atomic E-state index is 0.0553. The Kier molecular flexibility index (Phi) is 6.99. The van der Waals surface area contributed by atoms with E-state index in [1.54, 1.807) is 0 Å². The van der Waals surface area contributed by atoms with Gasteiger partial charge in [0, 0.05) is 30.8 Å². The molecule has 2 N–H and O–H groups in total. The third kappa shape index (κ3) is 5.53.